The van der Waals surface area contributed by atoms with Gasteiger partial charge in [0.15, 0.2) is 0 Å². The van der Waals surface area contributed by atoms with Gasteiger partial charge in [-0.05, 0) is 32.0 Å². The molecular weight excluding hydrogens is 202 g/mol. The van der Waals surface area contributed by atoms with Crippen LogP contribution in [0.25, 0.3) is 0 Å². The van der Waals surface area contributed by atoms with Crippen LogP contribution in [0.4, 0.5) is 0 Å². The summed E-state index contributed by atoms with van der Waals surface area (Å²) in [5.74, 6) is 1.94. The van der Waals surface area contributed by atoms with Crippen molar-refractivity contribution in [3.05, 3.63) is 42.1 Å². The summed E-state index contributed by atoms with van der Waals surface area (Å²) in [6, 6.07) is 6.17. The number of hydrogen-bond acceptors (Lipinski definition) is 3. The molecule has 0 spiro atoms. The maximum absolute atomic E-state index is 5.55. The van der Waals surface area contributed by atoms with E-state index in [1.54, 1.807) is 6.20 Å². The molecule has 2 aromatic rings. The van der Waals surface area contributed by atoms with E-state index in [9.17, 15) is 0 Å². The maximum atomic E-state index is 5.55. The van der Waals surface area contributed by atoms with Crippen LogP contribution in [-0.4, -0.2) is 16.3 Å². The Hall–Kier alpha value is -1.55. The molecule has 0 bridgehead atoms. The monoisotopic (exact) mass is 219 g/mol. The molecule has 0 aliphatic rings. The minimum atomic E-state index is 0.240. The number of aromatic nitrogens is 2. The lowest BCUT2D eigenvalue weighted by atomic mass is 10.2. The van der Waals surface area contributed by atoms with Gasteiger partial charge in [0.2, 0.25) is 0 Å². The van der Waals surface area contributed by atoms with E-state index in [0.717, 1.165) is 24.6 Å². The van der Waals surface area contributed by atoms with E-state index in [1.807, 2.05) is 36.0 Å². The summed E-state index contributed by atoms with van der Waals surface area (Å²) in [4.78, 5) is 0. The minimum Gasteiger partial charge on any atom is -0.465 e. The van der Waals surface area contributed by atoms with E-state index in [1.165, 1.54) is 0 Å². The second-order valence-corrected chi connectivity index (χ2v) is 3.89. The van der Waals surface area contributed by atoms with Crippen LogP contribution in [0.1, 0.15) is 24.5 Å². The quantitative estimate of drug-likeness (QED) is 0.837. The van der Waals surface area contributed by atoms with Crippen molar-refractivity contribution in [3.8, 4) is 0 Å². The van der Waals surface area contributed by atoms with Crippen molar-refractivity contribution < 1.29 is 4.42 Å². The molecule has 1 atom stereocenters. The van der Waals surface area contributed by atoms with Crippen molar-refractivity contribution in [1.82, 2.24) is 15.1 Å². The first-order chi connectivity index (χ1) is 7.75. The molecule has 2 heterocycles. The second kappa shape index (κ2) is 4.99. The summed E-state index contributed by atoms with van der Waals surface area (Å²) in [5.41, 5.74) is 0. The molecule has 0 saturated carbocycles. The number of rotatable bonds is 5. The van der Waals surface area contributed by atoms with Crippen LogP contribution in [0.3, 0.4) is 0 Å². The Balaban J connectivity index is 1.78. The van der Waals surface area contributed by atoms with Gasteiger partial charge in [0.25, 0.3) is 0 Å². The predicted molar refractivity (Wildman–Crippen MR) is 62.1 cm³/mol. The summed E-state index contributed by atoms with van der Waals surface area (Å²) >= 11 is 0. The molecule has 4 nitrogen and oxygen atoms in total. The second-order valence-electron chi connectivity index (χ2n) is 3.89. The molecule has 16 heavy (non-hydrogen) atoms. The zero-order valence-electron chi connectivity index (χ0n) is 9.68. The largest absolute Gasteiger partial charge is 0.465 e. The summed E-state index contributed by atoms with van der Waals surface area (Å²) < 4.78 is 7.46. The third-order valence-corrected chi connectivity index (χ3v) is 2.54. The number of aryl methyl sites for hydroxylation is 1. The highest BCUT2D eigenvalue weighted by molar-refractivity contribution is 5.08. The molecule has 86 valence electrons. The van der Waals surface area contributed by atoms with Crippen LogP contribution in [0.2, 0.25) is 0 Å². The molecule has 2 rings (SSSR count). The van der Waals surface area contributed by atoms with Crippen LogP contribution in [0.15, 0.2) is 35.0 Å². The molecular formula is C12H17N3O. The number of furan rings is 1. The van der Waals surface area contributed by atoms with Crippen molar-refractivity contribution in [2.45, 2.75) is 26.4 Å². The van der Waals surface area contributed by atoms with Gasteiger partial charge in [-0.1, -0.05) is 0 Å². The highest BCUT2D eigenvalue weighted by atomic mass is 16.3. The molecule has 4 heteroatoms. The smallest absolute Gasteiger partial charge is 0.120 e. The third kappa shape index (κ3) is 2.73. The van der Waals surface area contributed by atoms with Crippen LogP contribution >= 0.6 is 0 Å². The van der Waals surface area contributed by atoms with Gasteiger partial charge in [0.1, 0.15) is 11.5 Å². The fourth-order valence-corrected chi connectivity index (χ4v) is 1.62. The lowest BCUT2D eigenvalue weighted by Gasteiger charge is -2.11. The molecule has 1 N–H and O–H groups in total. The summed E-state index contributed by atoms with van der Waals surface area (Å²) in [6.07, 6.45) is 3.75. The van der Waals surface area contributed by atoms with Crippen LogP contribution in [0.5, 0.6) is 0 Å². The van der Waals surface area contributed by atoms with E-state index in [2.05, 4.69) is 17.3 Å². The molecule has 0 amide bonds. The van der Waals surface area contributed by atoms with Crippen molar-refractivity contribution in [1.29, 1.82) is 0 Å². The van der Waals surface area contributed by atoms with Gasteiger partial charge >= 0.3 is 0 Å². The van der Waals surface area contributed by atoms with Crippen LogP contribution in [0, 0.1) is 6.92 Å². The van der Waals surface area contributed by atoms with Gasteiger partial charge < -0.3 is 9.73 Å². The van der Waals surface area contributed by atoms with Crippen LogP contribution < -0.4 is 5.32 Å². The number of hydrogen-bond donors (Lipinski definition) is 1. The normalized spacial score (nSPS) is 12.9. The fraction of sp³-hybridized carbons (Fsp3) is 0.417. The van der Waals surface area contributed by atoms with E-state index < -0.39 is 0 Å². The lowest BCUT2D eigenvalue weighted by Crippen LogP contribution is -2.23. The van der Waals surface area contributed by atoms with Crippen molar-refractivity contribution >= 4 is 0 Å². The van der Waals surface area contributed by atoms with E-state index in [-0.39, 0.29) is 6.04 Å². The van der Waals surface area contributed by atoms with E-state index in [4.69, 9.17) is 4.42 Å². The third-order valence-electron chi connectivity index (χ3n) is 2.54. The summed E-state index contributed by atoms with van der Waals surface area (Å²) in [5, 5.41) is 7.54. The Morgan fingerprint density at radius 2 is 2.38 bits per heavy atom. The zero-order chi connectivity index (χ0) is 11.4. The fourth-order valence-electron chi connectivity index (χ4n) is 1.62. The lowest BCUT2D eigenvalue weighted by molar-refractivity contribution is 0.407. The Bertz CT molecular complexity index is 419. The molecule has 0 radical (unpaired) electrons. The first-order valence-electron chi connectivity index (χ1n) is 5.53. The van der Waals surface area contributed by atoms with Crippen molar-refractivity contribution in [2.24, 2.45) is 0 Å². The highest BCUT2D eigenvalue weighted by Gasteiger charge is 2.07. The molecule has 2 aromatic heterocycles. The van der Waals surface area contributed by atoms with E-state index >= 15 is 0 Å². The van der Waals surface area contributed by atoms with Crippen molar-refractivity contribution in [2.75, 3.05) is 6.54 Å². The zero-order valence-corrected chi connectivity index (χ0v) is 9.68. The van der Waals surface area contributed by atoms with E-state index in [0.29, 0.717) is 0 Å². The first-order valence-corrected chi connectivity index (χ1v) is 5.53. The van der Waals surface area contributed by atoms with Crippen molar-refractivity contribution in [3.63, 3.8) is 0 Å². The Labute approximate surface area is 95.3 Å². The molecule has 0 fully saturated rings. The average molecular weight is 219 g/mol. The highest BCUT2D eigenvalue weighted by Crippen LogP contribution is 2.14. The average Bonchev–Trinajstić information content (AvgIpc) is 2.89. The van der Waals surface area contributed by atoms with Crippen LogP contribution in [-0.2, 0) is 6.54 Å². The molecule has 0 aliphatic heterocycles. The van der Waals surface area contributed by atoms with Gasteiger partial charge in [0.05, 0.1) is 12.6 Å². The summed E-state index contributed by atoms with van der Waals surface area (Å²) in [6.45, 7) is 5.81. The maximum Gasteiger partial charge on any atom is 0.120 e. The number of nitrogens with zero attached hydrogens (tertiary/aromatic N) is 2. The standard InChI is InChI=1S/C12H17N3O/c1-10-4-5-12(16-10)11(2)13-7-9-15-8-3-6-14-15/h3-6,8,11,13H,7,9H2,1-2H3. The first kappa shape index (κ1) is 11.0. The molecule has 0 saturated heterocycles. The Morgan fingerprint density at radius 1 is 1.50 bits per heavy atom. The van der Waals surface area contributed by atoms with Gasteiger partial charge in [-0.25, -0.2) is 0 Å². The number of nitrogens with one attached hydrogen (secondary N) is 1. The topological polar surface area (TPSA) is 43.0 Å². The minimum absolute atomic E-state index is 0.240. The van der Waals surface area contributed by atoms with Gasteiger partial charge in [-0.3, -0.25) is 4.68 Å². The van der Waals surface area contributed by atoms with Gasteiger partial charge in [0, 0.05) is 18.9 Å². The molecule has 0 aliphatic carbocycles. The molecule has 0 aromatic carbocycles. The van der Waals surface area contributed by atoms with Gasteiger partial charge in [-0.2, -0.15) is 5.10 Å². The SMILES string of the molecule is Cc1ccc(C(C)NCCn2cccn2)o1. The predicted octanol–water partition coefficient (Wildman–Crippen LogP) is 2.14. The Morgan fingerprint density at radius 3 is 3.00 bits per heavy atom. The Kier molecular flexibility index (Phi) is 3.41. The summed E-state index contributed by atoms with van der Waals surface area (Å²) in [7, 11) is 0. The van der Waals surface area contributed by atoms with Gasteiger partial charge in [-0.15, -0.1) is 0 Å². The molecule has 1 unspecified atom stereocenters.